The summed E-state index contributed by atoms with van der Waals surface area (Å²) in [6.45, 7) is 6.87. The van der Waals surface area contributed by atoms with Crippen LogP contribution in [0, 0.1) is 3.57 Å². The van der Waals surface area contributed by atoms with Crippen molar-refractivity contribution in [2.75, 3.05) is 34.4 Å². The highest BCUT2D eigenvalue weighted by Crippen LogP contribution is 2.39. The third-order valence-electron chi connectivity index (χ3n) is 7.97. The maximum atomic E-state index is 14.3. The zero-order valence-corrected chi connectivity index (χ0v) is 31.7. The number of carbonyl (C=O) groups excluding carboxylic acids is 1. The number of allylic oxidation sites excluding steroid dienone is 1. The molecule has 3 aromatic carbocycles. The number of ether oxygens (including phenoxy) is 4. The van der Waals surface area contributed by atoms with Crippen molar-refractivity contribution in [2.24, 2.45) is 4.99 Å². The second-order valence-corrected chi connectivity index (χ2v) is 13.7. The maximum absolute atomic E-state index is 14.3. The van der Waals surface area contributed by atoms with Gasteiger partial charge in [-0.25, -0.2) is 4.99 Å². The minimum Gasteiger partial charge on any atom is -0.497 e. The Morgan fingerprint density at radius 3 is 2.40 bits per heavy atom. The first-order valence-electron chi connectivity index (χ1n) is 15.0. The molecule has 13 heteroatoms. The third kappa shape index (κ3) is 7.10. The summed E-state index contributed by atoms with van der Waals surface area (Å²) in [4.78, 5) is 35.3. The quantitative estimate of drug-likeness (QED) is 0.158. The number of likely N-dealkylation sites (N-methyl/N-ethyl adjacent to an activating group) is 1. The van der Waals surface area contributed by atoms with Crippen LogP contribution in [0.25, 0.3) is 6.08 Å². The normalized spacial score (nSPS) is 14.4. The summed E-state index contributed by atoms with van der Waals surface area (Å²) in [5.74, 6) is 1.93. The van der Waals surface area contributed by atoms with Crippen molar-refractivity contribution < 1.29 is 23.7 Å². The predicted molar refractivity (Wildman–Crippen MR) is 198 cm³/mol. The molecule has 0 N–H and O–H groups in total. The van der Waals surface area contributed by atoms with E-state index in [0.717, 1.165) is 14.7 Å². The van der Waals surface area contributed by atoms with Gasteiger partial charge in [0.15, 0.2) is 16.3 Å². The van der Waals surface area contributed by atoms with Gasteiger partial charge in [0.2, 0.25) is 0 Å². The zero-order valence-electron chi connectivity index (χ0n) is 27.2. The molecule has 1 aliphatic rings. The van der Waals surface area contributed by atoms with E-state index in [-0.39, 0.29) is 18.1 Å². The molecule has 1 aliphatic heterocycles. The Morgan fingerprint density at radius 2 is 1.75 bits per heavy atom. The minimum atomic E-state index is -0.799. The predicted octanol–water partition coefficient (Wildman–Crippen LogP) is 6.62. The van der Waals surface area contributed by atoms with Gasteiger partial charge >= 0.3 is 0 Å². The zero-order chi connectivity index (χ0) is 34.7. The van der Waals surface area contributed by atoms with Gasteiger partial charge in [-0.1, -0.05) is 40.6 Å². The molecule has 4 aromatic rings. The van der Waals surface area contributed by atoms with Gasteiger partial charge in [-0.3, -0.25) is 14.2 Å². The lowest BCUT2D eigenvalue weighted by Gasteiger charge is -2.30. The molecule has 0 unspecified atom stereocenters. The van der Waals surface area contributed by atoms with E-state index in [9.17, 15) is 9.59 Å². The van der Waals surface area contributed by atoms with E-state index < -0.39 is 6.04 Å². The highest BCUT2D eigenvalue weighted by Gasteiger charge is 2.36. The Labute approximate surface area is 306 Å². The molecular formula is C35H34Cl2IN3O6S. The summed E-state index contributed by atoms with van der Waals surface area (Å²) in [5.41, 5.74) is 2.77. The van der Waals surface area contributed by atoms with Crippen LogP contribution in [0.5, 0.6) is 23.0 Å². The number of hydrogen-bond acceptors (Lipinski definition) is 8. The topological polar surface area (TPSA) is 91.6 Å². The van der Waals surface area contributed by atoms with Crippen LogP contribution in [0.15, 0.2) is 69.6 Å². The number of hydrogen-bond donors (Lipinski definition) is 0. The maximum Gasteiger partial charge on any atom is 0.271 e. The molecule has 1 aromatic heterocycles. The molecule has 0 radical (unpaired) electrons. The van der Waals surface area contributed by atoms with Crippen LogP contribution in [0.1, 0.15) is 43.5 Å². The Kier molecular flexibility index (Phi) is 11.4. The minimum absolute atomic E-state index is 0.194. The number of nitrogens with zero attached hydrogens (tertiary/aromatic N) is 3. The van der Waals surface area contributed by atoms with Gasteiger partial charge in [0.1, 0.15) is 24.1 Å². The van der Waals surface area contributed by atoms with Crippen molar-refractivity contribution in [3.05, 3.63) is 110 Å². The number of benzene rings is 3. The van der Waals surface area contributed by atoms with E-state index in [1.165, 1.54) is 11.3 Å². The summed E-state index contributed by atoms with van der Waals surface area (Å²) in [7, 11) is 4.69. The summed E-state index contributed by atoms with van der Waals surface area (Å²) >= 11 is 15.8. The van der Waals surface area contributed by atoms with E-state index in [2.05, 4.69) is 22.6 Å². The van der Waals surface area contributed by atoms with Crippen molar-refractivity contribution in [2.45, 2.75) is 33.4 Å². The van der Waals surface area contributed by atoms with Gasteiger partial charge in [-0.05, 0) is 97.5 Å². The average Bonchev–Trinajstić information content (AvgIpc) is 3.37. The van der Waals surface area contributed by atoms with Crippen LogP contribution in [-0.2, 0) is 11.4 Å². The van der Waals surface area contributed by atoms with Crippen LogP contribution in [0.3, 0.4) is 0 Å². The fraction of sp³-hybridized carbons (Fsp3) is 0.286. The van der Waals surface area contributed by atoms with E-state index in [4.69, 9.17) is 47.1 Å². The fourth-order valence-corrected chi connectivity index (χ4v) is 7.82. The van der Waals surface area contributed by atoms with E-state index in [1.54, 1.807) is 74.1 Å². The first-order chi connectivity index (χ1) is 23.0. The second-order valence-electron chi connectivity index (χ2n) is 10.7. The number of rotatable bonds is 11. The SMILES string of the molecule is CCN(CC)C(=O)C1=C(C)N=c2s/c(=C/c3cc(I)c(OCc4ccc(Cl)cc4Cl)c(OC)c3)c(=O)n2[C@H]1c1cc(OC)ccc1OC. The van der Waals surface area contributed by atoms with E-state index in [0.29, 0.717) is 72.3 Å². The van der Waals surface area contributed by atoms with Crippen LogP contribution in [-0.4, -0.2) is 49.8 Å². The van der Waals surface area contributed by atoms with Gasteiger partial charge in [-0.2, -0.15) is 0 Å². The van der Waals surface area contributed by atoms with E-state index >= 15 is 0 Å². The number of thiazole rings is 1. The molecule has 1 amide bonds. The highest BCUT2D eigenvalue weighted by molar-refractivity contribution is 14.1. The molecular weight excluding hydrogens is 788 g/mol. The Balaban J connectivity index is 1.63. The molecule has 0 saturated heterocycles. The molecule has 0 fully saturated rings. The smallest absolute Gasteiger partial charge is 0.271 e. The molecule has 48 heavy (non-hydrogen) atoms. The monoisotopic (exact) mass is 821 g/mol. The molecule has 1 atom stereocenters. The fourth-order valence-electron chi connectivity index (χ4n) is 5.53. The summed E-state index contributed by atoms with van der Waals surface area (Å²) in [6.07, 6.45) is 1.79. The van der Waals surface area contributed by atoms with Crippen LogP contribution in [0.4, 0.5) is 0 Å². The number of amides is 1. The Hall–Kier alpha value is -3.52. The van der Waals surface area contributed by atoms with Gasteiger partial charge in [0.05, 0.1) is 40.7 Å². The van der Waals surface area contributed by atoms with Gasteiger partial charge in [-0.15, -0.1) is 0 Å². The standard InChI is InChI=1S/C35H34Cl2IN3O6S/c1-7-40(8-2)34(43)30-19(3)39-35-41(31(30)24-17-23(44-4)11-12-27(24)45-5)33(42)29(48-35)15-20-13-26(38)32(28(14-20)46-6)47-18-21-9-10-22(36)16-25(21)37/h9-17,31H,7-8,18H2,1-6H3/b29-15+/t31-/m0/s1. The molecule has 0 bridgehead atoms. The van der Waals surface area contributed by atoms with Crippen molar-refractivity contribution >= 4 is 69.1 Å². The van der Waals surface area contributed by atoms with Gasteiger partial charge < -0.3 is 23.8 Å². The Morgan fingerprint density at radius 1 is 1.02 bits per heavy atom. The first-order valence-corrected chi connectivity index (χ1v) is 17.7. The van der Waals surface area contributed by atoms with Crippen LogP contribution >= 0.6 is 57.1 Å². The number of halogens is 3. The molecule has 0 spiro atoms. The van der Waals surface area contributed by atoms with Crippen LogP contribution < -0.4 is 33.8 Å². The molecule has 9 nitrogen and oxygen atoms in total. The largest absolute Gasteiger partial charge is 0.497 e. The number of fused-ring (bicyclic) bond motifs is 1. The molecule has 252 valence electrons. The van der Waals surface area contributed by atoms with Crippen molar-refractivity contribution in [1.29, 1.82) is 0 Å². The highest BCUT2D eigenvalue weighted by atomic mass is 127. The lowest BCUT2D eigenvalue weighted by molar-refractivity contribution is -0.127. The van der Waals surface area contributed by atoms with Gasteiger partial charge in [0.25, 0.3) is 11.5 Å². The molecule has 0 saturated carbocycles. The Bertz CT molecular complexity index is 2090. The number of methoxy groups -OCH3 is 3. The third-order valence-corrected chi connectivity index (χ3v) is 10.3. The van der Waals surface area contributed by atoms with Crippen molar-refractivity contribution in [3.63, 3.8) is 0 Å². The van der Waals surface area contributed by atoms with Gasteiger partial charge in [0, 0.05) is 34.3 Å². The van der Waals surface area contributed by atoms with Crippen LogP contribution in [0.2, 0.25) is 10.0 Å². The summed E-state index contributed by atoms with van der Waals surface area (Å²) < 4.78 is 25.9. The average molecular weight is 823 g/mol. The number of aromatic nitrogens is 1. The number of carbonyl (C=O) groups is 1. The lowest BCUT2D eigenvalue weighted by atomic mass is 9.93. The molecule has 5 rings (SSSR count). The van der Waals surface area contributed by atoms with Crippen molar-refractivity contribution in [3.8, 4) is 23.0 Å². The molecule has 2 heterocycles. The summed E-state index contributed by atoms with van der Waals surface area (Å²) in [5, 5.41) is 1.05. The van der Waals surface area contributed by atoms with E-state index in [1.807, 2.05) is 32.0 Å². The summed E-state index contributed by atoms with van der Waals surface area (Å²) in [6, 6.07) is 13.5. The second kappa shape index (κ2) is 15.4. The molecule has 0 aliphatic carbocycles. The first kappa shape index (κ1) is 35.8. The lowest BCUT2D eigenvalue weighted by Crippen LogP contribution is -2.43. The van der Waals surface area contributed by atoms with Crippen molar-refractivity contribution in [1.82, 2.24) is 9.47 Å².